The molecule has 0 fully saturated rings. The van der Waals surface area contributed by atoms with E-state index in [-0.39, 0.29) is 32.6 Å². The number of anilines is 2. The van der Waals surface area contributed by atoms with E-state index in [9.17, 15) is 39.2 Å². The van der Waals surface area contributed by atoms with Crippen LogP contribution in [0.15, 0.2) is 74.1 Å². The van der Waals surface area contributed by atoms with Gasteiger partial charge >= 0.3 is 0 Å². The maximum Gasteiger partial charge on any atom is 0.296 e. The first kappa shape index (κ1) is 27.8. The van der Waals surface area contributed by atoms with Gasteiger partial charge < -0.3 is 11.5 Å². The van der Waals surface area contributed by atoms with E-state index in [1.54, 1.807) is 6.92 Å². The normalized spacial score (nSPS) is 12.2. The predicted molar refractivity (Wildman–Crippen MR) is 133 cm³/mol. The van der Waals surface area contributed by atoms with Crippen LogP contribution in [0.5, 0.6) is 0 Å². The largest absolute Gasteiger partial charge is 0.399 e. The molecule has 14 nitrogen and oxygen atoms in total. The van der Waals surface area contributed by atoms with E-state index in [1.165, 1.54) is 41.1 Å². The highest BCUT2D eigenvalue weighted by molar-refractivity contribution is 7.87. The number of fused-ring (bicyclic) bond motifs is 1. The van der Waals surface area contributed by atoms with Gasteiger partial charge in [0.05, 0.1) is 16.3 Å². The number of benzene rings is 3. The van der Waals surface area contributed by atoms with Gasteiger partial charge in [-0.25, -0.2) is 4.68 Å². The first-order valence-electron chi connectivity index (χ1n) is 9.82. The molecule has 4 aromatic rings. The summed E-state index contributed by atoms with van der Waals surface area (Å²) in [6.45, 7) is 1.67. The summed E-state index contributed by atoms with van der Waals surface area (Å²) in [5.74, 6) is 0. The Kier molecular flexibility index (Phi) is 7.23. The number of rotatable bonds is 4. The van der Waals surface area contributed by atoms with Crippen LogP contribution >= 0.6 is 0 Å². The van der Waals surface area contributed by atoms with Gasteiger partial charge in [-0.3, -0.25) is 23.6 Å². The minimum Gasteiger partial charge on any atom is -0.399 e. The smallest absolute Gasteiger partial charge is 0.296 e. The van der Waals surface area contributed by atoms with Crippen LogP contribution in [0.25, 0.3) is 16.5 Å². The Morgan fingerprint density at radius 2 is 1.38 bits per heavy atom. The third-order valence-corrected chi connectivity index (χ3v) is 7.50. The molecule has 37 heavy (non-hydrogen) atoms. The van der Waals surface area contributed by atoms with Gasteiger partial charge in [0.25, 0.3) is 35.9 Å². The van der Waals surface area contributed by atoms with E-state index in [4.69, 9.17) is 16.0 Å². The van der Waals surface area contributed by atoms with Gasteiger partial charge in [-0.1, -0.05) is 6.07 Å². The molecule has 0 spiro atoms. The lowest BCUT2D eigenvalue weighted by atomic mass is 10.1. The lowest BCUT2D eigenvalue weighted by Gasteiger charge is -2.09. The van der Waals surface area contributed by atoms with Crippen LogP contribution in [0.1, 0.15) is 5.69 Å². The molecule has 4 rings (SSSR count). The fraction of sp³-hybridized carbons (Fsp3) is 0.0500. The fourth-order valence-electron chi connectivity index (χ4n) is 3.28. The molecule has 0 saturated carbocycles. The van der Waals surface area contributed by atoms with Crippen LogP contribution in [0.4, 0.5) is 11.4 Å². The first-order chi connectivity index (χ1) is 16.9. The van der Waals surface area contributed by atoms with Crippen molar-refractivity contribution in [3.63, 3.8) is 0 Å². The number of nitrogens with zero attached hydrogens (tertiary/aromatic N) is 1. The van der Waals surface area contributed by atoms with Gasteiger partial charge in [0.1, 0.15) is 9.79 Å². The van der Waals surface area contributed by atoms with Crippen LogP contribution < -0.4 is 17.0 Å². The van der Waals surface area contributed by atoms with Crippen LogP contribution in [-0.2, 0) is 30.4 Å². The average molecular weight is 573 g/mol. The zero-order valence-corrected chi connectivity index (χ0v) is 21.2. The van der Waals surface area contributed by atoms with Crippen molar-refractivity contribution in [3.05, 3.63) is 70.6 Å². The Morgan fingerprint density at radius 3 is 1.86 bits per heavy atom. The highest BCUT2D eigenvalue weighted by Gasteiger charge is 2.21. The highest BCUT2D eigenvalue weighted by atomic mass is 32.2. The molecule has 1 aromatic heterocycles. The maximum atomic E-state index is 11.9. The number of aryl methyl sites for hydroxylation is 1. The molecule has 0 amide bonds. The number of hydrogen-bond donors (Lipinski definition) is 6. The molecule has 17 heteroatoms. The first-order valence-corrected chi connectivity index (χ1v) is 14.1. The van der Waals surface area contributed by atoms with Crippen molar-refractivity contribution in [1.29, 1.82) is 0 Å². The minimum absolute atomic E-state index is 0.0216. The fourth-order valence-corrected chi connectivity index (χ4v) is 5.28. The zero-order chi connectivity index (χ0) is 27.9. The highest BCUT2D eigenvalue weighted by Crippen LogP contribution is 2.29. The van der Waals surface area contributed by atoms with Gasteiger partial charge in [0, 0.05) is 22.8 Å². The predicted octanol–water partition coefficient (Wildman–Crippen LogP) is 1.22. The summed E-state index contributed by atoms with van der Waals surface area (Å²) in [6.07, 6.45) is 0. The van der Waals surface area contributed by atoms with Crippen molar-refractivity contribution in [3.8, 4) is 5.69 Å². The molecule has 1 heterocycles. The van der Waals surface area contributed by atoms with Gasteiger partial charge in [0.2, 0.25) is 0 Å². The molecule has 0 radical (unpaired) electrons. The van der Waals surface area contributed by atoms with Crippen LogP contribution in [0.2, 0.25) is 0 Å². The number of H-pyrrole nitrogens is 1. The summed E-state index contributed by atoms with van der Waals surface area (Å²) in [6, 6.07) is 11.0. The van der Waals surface area contributed by atoms with Crippen molar-refractivity contribution in [2.45, 2.75) is 21.6 Å². The summed E-state index contributed by atoms with van der Waals surface area (Å²) >= 11 is 0. The summed E-state index contributed by atoms with van der Waals surface area (Å²) in [7, 11) is -13.7. The third kappa shape index (κ3) is 6.34. The van der Waals surface area contributed by atoms with Crippen LogP contribution in [-0.4, -0.2) is 48.7 Å². The van der Waals surface area contributed by atoms with E-state index >= 15 is 0 Å². The van der Waals surface area contributed by atoms with E-state index in [0.29, 0.717) is 17.4 Å². The lowest BCUT2D eigenvalue weighted by molar-refractivity contribution is 0.479. The van der Waals surface area contributed by atoms with E-state index in [0.717, 1.165) is 12.1 Å². The maximum absolute atomic E-state index is 11.9. The second kappa shape index (κ2) is 9.61. The molecule has 0 aliphatic rings. The van der Waals surface area contributed by atoms with E-state index in [1.807, 2.05) is 0 Å². The Balaban J connectivity index is 0.000000266. The second-order valence-corrected chi connectivity index (χ2v) is 11.9. The number of nitrogens with one attached hydrogen (secondary N) is 1. The standard InChI is InChI=1S/C14H12N2O7S2.C6H8N2O3S/c1-8-4-14(17)16(15-8)10-2-3-12-9(5-10)6-11(24(18,19)20)7-13(12)25(21,22)23;7-4-1-2-5(8)6(3-4)12(9,10)11/h2-7,15H,1H3,(H,18,19,20)(H,21,22,23);1-3H,7-8H2,(H,9,10,11). The topological polar surface area (TPSA) is 253 Å². The van der Waals surface area contributed by atoms with E-state index in [2.05, 4.69) is 5.10 Å². The molecule has 3 aromatic carbocycles. The number of aromatic nitrogens is 2. The quantitative estimate of drug-likeness (QED) is 0.149. The van der Waals surface area contributed by atoms with Crippen molar-refractivity contribution in [2.24, 2.45) is 0 Å². The van der Waals surface area contributed by atoms with Crippen molar-refractivity contribution >= 4 is 52.5 Å². The number of nitrogens with two attached hydrogens (primary N) is 2. The molecule has 8 N–H and O–H groups in total. The molecule has 198 valence electrons. The molecular formula is C20H20N4O10S3. The summed E-state index contributed by atoms with van der Waals surface area (Å²) in [5.41, 5.74) is 11.3. The molecule has 0 saturated heterocycles. The SMILES string of the molecule is Cc1cc(=O)n(-c2ccc3c(S(=O)(=O)O)cc(S(=O)(=O)O)cc3c2)[nH]1.Nc1ccc(N)c(S(=O)(=O)O)c1. The summed E-state index contributed by atoms with van der Waals surface area (Å²) in [5, 5.41) is 2.92. The van der Waals surface area contributed by atoms with Crippen molar-refractivity contribution < 1.29 is 38.9 Å². The zero-order valence-electron chi connectivity index (χ0n) is 18.7. The van der Waals surface area contributed by atoms with Crippen LogP contribution in [0, 0.1) is 6.92 Å². The Bertz CT molecular complexity index is 1910. The van der Waals surface area contributed by atoms with Gasteiger partial charge in [-0.2, -0.15) is 25.3 Å². The third-order valence-electron chi connectivity index (χ3n) is 4.87. The average Bonchev–Trinajstić information content (AvgIpc) is 3.10. The molecule has 0 aliphatic carbocycles. The molecule has 0 aliphatic heterocycles. The number of nitrogen functional groups attached to an aromatic ring is 2. The summed E-state index contributed by atoms with van der Waals surface area (Å²) in [4.78, 5) is 10.2. The number of aromatic amines is 1. The Labute approximate surface area is 210 Å². The molecule has 0 unspecified atom stereocenters. The minimum atomic E-state index is -4.75. The Morgan fingerprint density at radius 1 is 0.757 bits per heavy atom. The van der Waals surface area contributed by atoms with Gasteiger partial charge in [0.15, 0.2) is 0 Å². The molecular weight excluding hydrogens is 552 g/mol. The van der Waals surface area contributed by atoms with Gasteiger partial charge in [-0.15, -0.1) is 0 Å². The molecule has 0 bridgehead atoms. The summed E-state index contributed by atoms with van der Waals surface area (Å²) < 4.78 is 95.5. The second-order valence-electron chi connectivity index (χ2n) is 7.66. The van der Waals surface area contributed by atoms with Crippen LogP contribution in [0.3, 0.4) is 0 Å². The number of hydrogen-bond acceptors (Lipinski definition) is 9. The molecule has 0 atom stereocenters. The monoisotopic (exact) mass is 572 g/mol. The van der Waals surface area contributed by atoms with Crippen molar-refractivity contribution in [2.75, 3.05) is 11.5 Å². The van der Waals surface area contributed by atoms with Crippen molar-refractivity contribution in [1.82, 2.24) is 9.78 Å². The lowest BCUT2D eigenvalue weighted by Crippen LogP contribution is -2.13. The van der Waals surface area contributed by atoms with Gasteiger partial charge in [-0.05, 0) is 54.8 Å². The Hall–Kier alpha value is -3.74. The van der Waals surface area contributed by atoms with E-state index < -0.39 is 40.1 Å².